The van der Waals surface area contributed by atoms with E-state index in [1.165, 1.54) is 21.9 Å². The van der Waals surface area contributed by atoms with Crippen molar-refractivity contribution >= 4 is 27.3 Å². The molecule has 1 nitrogen and oxygen atoms in total. The van der Waals surface area contributed by atoms with E-state index in [1.807, 2.05) is 13.1 Å². The Hall–Kier alpha value is -0.710. The molecule has 0 aliphatic rings. The summed E-state index contributed by atoms with van der Waals surface area (Å²) in [6.45, 7) is 2.08. The van der Waals surface area contributed by atoms with Gasteiger partial charge in [0.05, 0.1) is 6.04 Å². The van der Waals surface area contributed by atoms with E-state index in [0.717, 1.165) is 10.0 Å². The Morgan fingerprint density at radius 2 is 2.06 bits per heavy atom. The average molecular weight is 314 g/mol. The number of benzene rings is 1. The van der Waals surface area contributed by atoms with Crippen LogP contribution >= 0.6 is 27.3 Å². The molecule has 0 saturated heterocycles. The summed E-state index contributed by atoms with van der Waals surface area (Å²) in [4.78, 5) is 2.51. The molecule has 1 heterocycles. The summed E-state index contributed by atoms with van der Waals surface area (Å²) in [6, 6.07) is 9.11. The van der Waals surface area contributed by atoms with Crippen molar-refractivity contribution in [2.75, 3.05) is 7.05 Å². The van der Waals surface area contributed by atoms with E-state index >= 15 is 0 Å². The fourth-order valence-electron chi connectivity index (χ4n) is 1.80. The predicted molar refractivity (Wildman–Crippen MR) is 74.1 cm³/mol. The highest BCUT2D eigenvalue weighted by atomic mass is 79.9. The van der Waals surface area contributed by atoms with Crippen molar-refractivity contribution in [1.82, 2.24) is 5.32 Å². The maximum absolute atomic E-state index is 13.1. The quantitative estimate of drug-likeness (QED) is 0.892. The molecular formula is C13H13BrFNS. The molecule has 1 aromatic heterocycles. The molecule has 2 aromatic rings. The zero-order valence-electron chi connectivity index (χ0n) is 9.63. The third kappa shape index (κ3) is 2.76. The Labute approximate surface area is 113 Å². The molecule has 2 rings (SSSR count). The zero-order chi connectivity index (χ0) is 12.4. The summed E-state index contributed by atoms with van der Waals surface area (Å²) in [5, 5.41) is 3.27. The molecule has 0 bridgehead atoms. The molecule has 0 spiro atoms. The van der Waals surface area contributed by atoms with Gasteiger partial charge in [-0.1, -0.05) is 22.0 Å². The van der Waals surface area contributed by atoms with Gasteiger partial charge in [0.15, 0.2) is 0 Å². The minimum Gasteiger partial charge on any atom is -0.309 e. The average Bonchev–Trinajstić information content (AvgIpc) is 2.69. The molecule has 17 heavy (non-hydrogen) atoms. The first kappa shape index (κ1) is 12.7. The highest BCUT2D eigenvalue weighted by Crippen LogP contribution is 2.32. The van der Waals surface area contributed by atoms with Crippen molar-refractivity contribution in [1.29, 1.82) is 0 Å². The fourth-order valence-corrected chi connectivity index (χ4v) is 3.38. The van der Waals surface area contributed by atoms with Crippen LogP contribution in [0.15, 0.2) is 34.8 Å². The second-order valence-corrected chi connectivity index (χ2v) is 6.01. The summed E-state index contributed by atoms with van der Waals surface area (Å²) in [5.74, 6) is -0.224. The molecule has 0 saturated carbocycles. The highest BCUT2D eigenvalue weighted by Gasteiger charge is 2.16. The van der Waals surface area contributed by atoms with Crippen molar-refractivity contribution in [2.45, 2.75) is 13.0 Å². The lowest BCUT2D eigenvalue weighted by molar-refractivity contribution is 0.622. The first-order valence-electron chi connectivity index (χ1n) is 5.30. The van der Waals surface area contributed by atoms with Crippen LogP contribution in [0, 0.1) is 12.7 Å². The Kier molecular flexibility index (Phi) is 3.97. The molecule has 0 aliphatic carbocycles. The van der Waals surface area contributed by atoms with Crippen molar-refractivity contribution in [2.24, 2.45) is 0 Å². The lowest BCUT2D eigenvalue weighted by Crippen LogP contribution is -2.17. The molecule has 90 valence electrons. The number of thiophene rings is 1. The zero-order valence-corrected chi connectivity index (χ0v) is 12.0. The van der Waals surface area contributed by atoms with Crippen LogP contribution in [-0.2, 0) is 0 Å². The highest BCUT2D eigenvalue weighted by molar-refractivity contribution is 9.10. The van der Waals surface area contributed by atoms with Crippen molar-refractivity contribution in [3.8, 4) is 0 Å². The normalized spacial score (nSPS) is 12.7. The van der Waals surface area contributed by atoms with Gasteiger partial charge in [0.25, 0.3) is 0 Å². The molecule has 4 heteroatoms. The van der Waals surface area contributed by atoms with Gasteiger partial charge in [-0.05, 0) is 43.8 Å². The Morgan fingerprint density at radius 3 is 2.59 bits per heavy atom. The van der Waals surface area contributed by atoms with E-state index < -0.39 is 0 Å². The molecule has 1 aromatic carbocycles. The summed E-state index contributed by atoms with van der Waals surface area (Å²) < 4.78 is 13.9. The van der Waals surface area contributed by atoms with Crippen LogP contribution in [0.3, 0.4) is 0 Å². The lowest BCUT2D eigenvalue weighted by Gasteiger charge is -2.16. The van der Waals surface area contributed by atoms with E-state index in [9.17, 15) is 4.39 Å². The number of rotatable bonds is 3. The monoisotopic (exact) mass is 313 g/mol. The standard InChI is InChI=1S/C13H13BrFNS/c1-8-3-6-12(17-8)13(16-2)10-5-4-9(15)7-11(10)14/h3-7,13,16H,1-2H3. The number of hydrogen-bond donors (Lipinski definition) is 1. The van der Waals surface area contributed by atoms with E-state index in [4.69, 9.17) is 0 Å². The molecule has 0 fully saturated rings. The van der Waals surface area contributed by atoms with Gasteiger partial charge in [-0.2, -0.15) is 0 Å². The summed E-state index contributed by atoms with van der Waals surface area (Å²) in [6.07, 6.45) is 0. The fraction of sp³-hybridized carbons (Fsp3) is 0.231. The first-order chi connectivity index (χ1) is 8.11. The van der Waals surface area contributed by atoms with Gasteiger partial charge in [0.1, 0.15) is 5.82 Å². The van der Waals surface area contributed by atoms with Crippen LogP contribution in [0.25, 0.3) is 0 Å². The van der Waals surface area contributed by atoms with Crippen LogP contribution in [0.2, 0.25) is 0 Å². The third-order valence-corrected chi connectivity index (χ3v) is 4.36. The van der Waals surface area contributed by atoms with E-state index in [0.29, 0.717) is 0 Å². The molecule has 1 unspecified atom stereocenters. The summed E-state index contributed by atoms with van der Waals surface area (Å²) >= 11 is 5.17. The number of aryl methyl sites for hydroxylation is 1. The van der Waals surface area contributed by atoms with Crippen LogP contribution in [0.1, 0.15) is 21.4 Å². The molecule has 0 amide bonds. The van der Waals surface area contributed by atoms with Gasteiger partial charge in [-0.15, -0.1) is 11.3 Å². The van der Waals surface area contributed by atoms with Crippen LogP contribution in [0.5, 0.6) is 0 Å². The number of nitrogens with one attached hydrogen (secondary N) is 1. The number of hydrogen-bond acceptors (Lipinski definition) is 2. The van der Waals surface area contributed by atoms with Gasteiger partial charge < -0.3 is 5.32 Å². The Balaban J connectivity index is 2.42. The lowest BCUT2D eigenvalue weighted by atomic mass is 10.1. The topological polar surface area (TPSA) is 12.0 Å². The summed E-state index contributed by atoms with van der Waals surface area (Å²) in [5.41, 5.74) is 1.05. The van der Waals surface area contributed by atoms with E-state index in [1.54, 1.807) is 11.3 Å². The van der Waals surface area contributed by atoms with Crippen molar-refractivity contribution < 1.29 is 4.39 Å². The summed E-state index contributed by atoms with van der Waals surface area (Å²) in [7, 11) is 1.91. The van der Waals surface area contributed by atoms with Gasteiger partial charge in [0, 0.05) is 14.2 Å². The minimum atomic E-state index is -0.224. The SMILES string of the molecule is CNC(c1ccc(C)s1)c1ccc(F)cc1Br. The molecule has 0 aliphatic heterocycles. The first-order valence-corrected chi connectivity index (χ1v) is 6.91. The Morgan fingerprint density at radius 1 is 1.29 bits per heavy atom. The molecule has 0 radical (unpaired) electrons. The largest absolute Gasteiger partial charge is 0.309 e. The van der Waals surface area contributed by atoms with Gasteiger partial charge in [-0.25, -0.2) is 4.39 Å². The smallest absolute Gasteiger partial charge is 0.124 e. The van der Waals surface area contributed by atoms with Crippen LogP contribution in [0.4, 0.5) is 4.39 Å². The van der Waals surface area contributed by atoms with E-state index in [-0.39, 0.29) is 11.9 Å². The maximum atomic E-state index is 13.1. The van der Waals surface area contributed by atoms with E-state index in [2.05, 4.69) is 40.3 Å². The Bertz CT molecular complexity index is 524. The van der Waals surface area contributed by atoms with Crippen LogP contribution < -0.4 is 5.32 Å². The maximum Gasteiger partial charge on any atom is 0.124 e. The van der Waals surface area contributed by atoms with Crippen molar-refractivity contribution in [3.63, 3.8) is 0 Å². The van der Waals surface area contributed by atoms with Crippen LogP contribution in [-0.4, -0.2) is 7.05 Å². The third-order valence-electron chi connectivity index (χ3n) is 2.61. The second kappa shape index (κ2) is 5.29. The van der Waals surface area contributed by atoms with Crippen molar-refractivity contribution in [3.05, 3.63) is 55.9 Å². The predicted octanol–water partition coefficient (Wildman–Crippen LogP) is 4.27. The minimum absolute atomic E-state index is 0.101. The second-order valence-electron chi connectivity index (χ2n) is 3.84. The van der Waals surface area contributed by atoms with Gasteiger partial charge in [-0.3, -0.25) is 0 Å². The molecular weight excluding hydrogens is 301 g/mol. The molecule has 1 atom stereocenters. The van der Waals surface area contributed by atoms with Gasteiger partial charge >= 0.3 is 0 Å². The number of halogens is 2. The molecule has 1 N–H and O–H groups in total. The van der Waals surface area contributed by atoms with Gasteiger partial charge in [0.2, 0.25) is 0 Å².